The Hall–Kier alpha value is -2.68. The number of hydrogen-bond donors (Lipinski definition) is 1. The Labute approximate surface area is 182 Å². The van der Waals surface area contributed by atoms with Crippen LogP contribution in [0.25, 0.3) is 0 Å². The van der Waals surface area contributed by atoms with Crippen molar-refractivity contribution >= 4 is 57.1 Å². The van der Waals surface area contributed by atoms with Crippen LogP contribution in [0.5, 0.6) is 0 Å². The smallest absolute Gasteiger partial charge is 0.219 e. The summed E-state index contributed by atoms with van der Waals surface area (Å²) >= 11 is 13.0. The first-order valence-electron chi connectivity index (χ1n) is 8.98. The summed E-state index contributed by atoms with van der Waals surface area (Å²) in [7, 11) is 0. The molecule has 6 nitrogen and oxygen atoms in total. The predicted octanol–water partition coefficient (Wildman–Crippen LogP) is 4.16. The molecule has 9 heteroatoms. The molecule has 0 bridgehead atoms. The summed E-state index contributed by atoms with van der Waals surface area (Å²) in [5.41, 5.74) is 2.03. The van der Waals surface area contributed by atoms with Crippen molar-refractivity contribution in [2.24, 2.45) is 9.98 Å². The van der Waals surface area contributed by atoms with E-state index in [0.717, 1.165) is 32.9 Å². The van der Waals surface area contributed by atoms with Crippen molar-refractivity contribution in [1.82, 2.24) is 15.5 Å². The van der Waals surface area contributed by atoms with Crippen molar-refractivity contribution in [2.75, 3.05) is 4.90 Å². The number of aliphatic imine (C=N–C) groups is 2. The molecule has 29 heavy (non-hydrogen) atoms. The van der Waals surface area contributed by atoms with Gasteiger partial charge in [0, 0.05) is 10.6 Å². The first-order valence-corrected chi connectivity index (χ1v) is 10.6. The molecule has 2 atom stereocenters. The molecule has 1 aromatic heterocycles. The van der Waals surface area contributed by atoms with Gasteiger partial charge in [-0.25, -0.2) is 4.99 Å². The zero-order chi connectivity index (χ0) is 20.0. The lowest BCUT2D eigenvalue weighted by Gasteiger charge is -2.30. The molecule has 144 valence electrons. The van der Waals surface area contributed by atoms with E-state index in [-0.39, 0.29) is 12.1 Å². The average Bonchev–Trinajstić information content (AvgIpc) is 3.32. The maximum absolute atomic E-state index is 6.08. The molecule has 2 aromatic carbocycles. The molecule has 0 aliphatic carbocycles. The second-order valence-electron chi connectivity index (χ2n) is 6.65. The van der Waals surface area contributed by atoms with Crippen LogP contribution in [0.15, 0.2) is 64.6 Å². The third-order valence-electron chi connectivity index (χ3n) is 4.75. The molecule has 0 radical (unpaired) electrons. The van der Waals surface area contributed by atoms with Gasteiger partial charge in [0.2, 0.25) is 5.13 Å². The topological polar surface area (TPSA) is 65.8 Å². The maximum atomic E-state index is 6.08. The Bertz CT molecular complexity index is 1140. The lowest BCUT2D eigenvalue weighted by Crippen LogP contribution is -2.47. The number of fused-ring (bicyclic) bond motifs is 1. The Kier molecular flexibility index (Phi) is 4.61. The zero-order valence-electron chi connectivity index (χ0n) is 15.3. The highest BCUT2D eigenvalue weighted by Gasteiger charge is 2.43. The maximum Gasteiger partial charge on any atom is 0.219 e. The number of aryl methyl sites for hydroxylation is 1. The number of nitrogens with one attached hydrogen (secondary N) is 1. The molecule has 2 aliphatic heterocycles. The van der Waals surface area contributed by atoms with Crippen molar-refractivity contribution in [3.05, 3.63) is 75.8 Å². The number of amidine groups is 2. The first kappa shape index (κ1) is 18.4. The quantitative estimate of drug-likeness (QED) is 0.622. The van der Waals surface area contributed by atoms with Gasteiger partial charge in [-0.15, -0.1) is 10.2 Å². The average molecular weight is 439 g/mol. The molecule has 5 rings (SSSR count). The van der Waals surface area contributed by atoms with Gasteiger partial charge in [0.25, 0.3) is 0 Å². The van der Waals surface area contributed by atoms with Crippen molar-refractivity contribution in [1.29, 1.82) is 0 Å². The van der Waals surface area contributed by atoms with Crippen LogP contribution in [0, 0.1) is 6.92 Å². The molecule has 1 N–H and O–H groups in total. The SMILES string of the molecule is Cc1nnc(N2C(c3ccccc3)=N[C@@H]3C2=NC(=S)N[C@@H]3c2ccc(Cl)cc2)s1. The summed E-state index contributed by atoms with van der Waals surface area (Å²) in [6, 6.07) is 17.3. The number of hydrogen-bond acceptors (Lipinski definition) is 6. The third kappa shape index (κ3) is 3.33. The van der Waals surface area contributed by atoms with Crippen LogP contribution >= 0.6 is 35.2 Å². The van der Waals surface area contributed by atoms with Crippen LogP contribution in [0.3, 0.4) is 0 Å². The van der Waals surface area contributed by atoms with Crippen LogP contribution < -0.4 is 10.2 Å². The summed E-state index contributed by atoms with van der Waals surface area (Å²) < 4.78 is 0. The number of halogens is 1. The zero-order valence-corrected chi connectivity index (χ0v) is 17.7. The molecule has 0 saturated heterocycles. The lowest BCUT2D eigenvalue weighted by atomic mass is 9.98. The van der Waals surface area contributed by atoms with E-state index in [4.69, 9.17) is 28.8 Å². The second kappa shape index (κ2) is 7.29. The Morgan fingerprint density at radius 2 is 1.83 bits per heavy atom. The third-order valence-corrected chi connectivity index (χ3v) is 6.03. The molecular formula is C20H15ClN6S2. The van der Waals surface area contributed by atoms with Crippen molar-refractivity contribution in [3.8, 4) is 0 Å². The fourth-order valence-corrected chi connectivity index (χ4v) is 4.51. The Morgan fingerprint density at radius 3 is 2.52 bits per heavy atom. The van der Waals surface area contributed by atoms with Crippen molar-refractivity contribution in [2.45, 2.75) is 19.0 Å². The summed E-state index contributed by atoms with van der Waals surface area (Å²) in [5.74, 6) is 1.54. The first-order chi connectivity index (χ1) is 14.1. The predicted molar refractivity (Wildman–Crippen MR) is 121 cm³/mol. The molecule has 0 saturated carbocycles. The fourth-order valence-electron chi connectivity index (χ4n) is 3.47. The van der Waals surface area contributed by atoms with Crippen LogP contribution in [0.2, 0.25) is 5.02 Å². The minimum Gasteiger partial charge on any atom is -0.351 e. The number of nitrogens with zero attached hydrogens (tertiary/aromatic N) is 5. The van der Waals surface area contributed by atoms with Gasteiger partial charge in [0.1, 0.15) is 22.7 Å². The highest BCUT2D eigenvalue weighted by molar-refractivity contribution is 7.80. The molecule has 3 heterocycles. The van der Waals surface area contributed by atoms with Gasteiger partial charge in [-0.2, -0.15) is 0 Å². The van der Waals surface area contributed by atoms with E-state index in [1.165, 1.54) is 11.3 Å². The van der Waals surface area contributed by atoms with Crippen LogP contribution in [0.4, 0.5) is 5.13 Å². The molecule has 0 unspecified atom stereocenters. The van der Waals surface area contributed by atoms with E-state index in [1.54, 1.807) is 0 Å². The number of benzene rings is 2. The number of thiocarbonyl (C=S) groups is 1. The van der Waals surface area contributed by atoms with E-state index in [9.17, 15) is 0 Å². The van der Waals surface area contributed by atoms with Crippen LogP contribution in [-0.4, -0.2) is 33.0 Å². The largest absolute Gasteiger partial charge is 0.351 e. The number of rotatable bonds is 3. The Balaban J connectivity index is 1.65. The van der Waals surface area contributed by atoms with Gasteiger partial charge >= 0.3 is 0 Å². The highest BCUT2D eigenvalue weighted by atomic mass is 35.5. The summed E-state index contributed by atoms with van der Waals surface area (Å²) in [6.07, 6.45) is 0. The molecule has 0 spiro atoms. The minimum absolute atomic E-state index is 0.148. The molecule has 2 aliphatic rings. The van der Waals surface area contributed by atoms with Gasteiger partial charge < -0.3 is 5.32 Å². The van der Waals surface area contributed by atoms with E-state index >= 15 is 0 Å². The van der Waals surface area contributed by atoms with Crippen molar-refractivity contribution in [3.63, 3.8) is 0 Å². The highest BCUT2D eigenvalue weighted by Crippen LogP contribution is 2.35. The fraction of sp³-hybridized carbons (Fsp3) is 0.150. The summed E-state index contributed by atoms with van der Waals surface area (Å²) in [6.45, 7) is 1.93. The Morgan fingerprint density at radius 1 is 1.07 bits per heavy atom. The van der Waals surface area contributed by atoms with Crippen molar-refractivity contribution < 1.29 is 0 Å². The monoisotopic (exact) mass is 438 g/mol. The molecule has 0 fully saturated rings. The number of aromatic nitrogens is 2. The summed E-state index contributed by atoms with van der Waals surface area (Å²) in [4.78, 5) is 11.7. The lowest BCUT2D eigenvalue weighted by molar-refractivity contribution is 0.595. The minimum atomic E-state index is -0.248. The van der Waals surface area contributed by atoms with Gasteiger partial charge in [-0.3, -0.25) is 9.89 Å². The van der Waals surface area contributed by atoms with Gasteiger partial charge in [0.05, 0.1) is 6.04 Å². The van der Waals surface area contributed by atoms with Crippen LogP contribution in [0.1, 0.15) is 22.2 Å². The summed E-state index contributed by atoms with van der Waals surface area (Å²) in [5, 5.41) is 14.6. The van der Waals surface area contributed by atoms with Crippen LogP contribution in [-0.2, 0) is 0 Å². The van der Waals surface area contributed by atoms with E-state index < -0.39 is 0 Å². The normalized spacial score (nSPS) is 20.8. The number of anilines is 1. The van der Waals surface area contributed by atoms with Gasteiger partial charge in [-0.05, 0) is 36.8 Å². The van der Waals surface area contributed by atoms with Gasteiger partial charge in [-0.1, -0.05) is 65.4 Å². The van der Waals surface area contributed by atoms with E-state index in [1.807, 2.05) is 66.4 Å². The molecule has 0 amide bonds. The van der Waals surface area contributed by atoms with Gasteiger partial charge in [0.15, 0.2) is 5.11 Å². The second-order valence-corrected chi connectivity index (χ2v) is 8.63. The molecular weight excluding hydrogens is 424 g/mol. The standard InChI is InChI=1S/C20H15ClN6S2/c1-11-25-26-20(29-11)27-17(13-5-3-2-4-6-13)22-16-15(23-19(28)24-18(16)27)12-7-9-14(21)10-8-12/h2-10,15-16H,1H3,(H,23,28)/t15-,16+/m1/s1. The molecule has 3 aromatic rings. The van der Waals surface area contributed by atoms with E-state index in [0.29, 0.717) is 10.1 Å². The van der Waals surface area contributed by atoms with E-state index in [2.05, 4.69) is 20.5 Å².